The maximum absolute atomic E-state index is 9.81. The number of aliphatic hydroxyl groups excluding tert-OH is 1. The number of aliphatic hydroxyl groups is 1. The number of nitrogens with one attached hydrogen (secondary N) is 1. The zero-order valence-electron chi connectivity index (χ0n) is 17.2. The number of rotatable bonds is 5. The van der Waals surface area contributed by atoms with Gasteiger partial charge in [-0.15, -0.1) is 10.2 Å². The standard InChI is InChI=1S/C23H22N6O2/c1-31-21-5-3-16(10-17(21)13-25)14-26-22-20-11-15(12-24)2-4-19(20)23(28-27-22)29-8-6-18(30)7-9-29/h2-5,10-11,18,30H,6-9,14H2,1H3,(H,26,27). The second-order valence-corrected chi connectivity index (χ2v) is 7.46. The molecule has 0 aliphatic carbocycles. The fourth-order valence-corrected chi connectivity index (χ4v) is 3.79. The third-order valence-corrected chi connectivity index (χ3v) is 5.50. The summed E-state index contributed by atoms with van der Waals surface area (Å²) in [6.45, 7) is 1.86. The van der Waals surface area contributed by atoms with Crippen LogP contribution in [0.5, 0.6) is 5.75 Å². The Morgan fingerprint density at radius 2 is 1.90 bits per heavy atom. The molecule has 8 nitrogen and oxygen atoms in total. The van der Waals surface area contributed by atoms with Crippen LogP contribution in [0.25, 0.3) is 10.8 Å². The molecule has 3 aromatic rings. The van der Waals surface area contributed by atoms with Gasteiger partial charge in [-0.1, -0.05) is 6.07 Å². The molecule has 0 atom stereocenters. The van der Waals surface area contributed by atoms with E-state index in [1.54, 1.807) is 18.2 Å². The molecule has 156 valence electrons. The van der Waals surface area contributed by atoms with Crippen LogP contribution in [0, 0.1) is 22.7 Å². The second-order valence-electron chi connectivity index (χ2n) is 7.46. The molecule has 4 rings (SSSR count). The van der Waals surface area contributed by atoms with Crippen LogP contribution >= 0.6 is 0 Å². The van der Waals surface area contributed by atoms with Crippen molar-refractivity contribution in [2.75, 3.05) is 30.4 Å². The minimum Gasteiger partial charge on any atom is -0.495 e. The van der Waals surface area contributed by atoms with Gasteiger partial charge >= 0.3 is 0 Å². The summed E-state index contributed by atoms with van der Waals surface area (Å²) < 4.78 is 5.20. The number of ether oxygens (including phenoxy) is 1. The van der Waals surface area contributed by atoms with E-state index in [2.05, 4.69) is 32.6 Å². The summed E-state index contributed by atoms with van der Waals surface area (Å²) in [7, 11) is 1.53. The van der Waals surface area contributed by atoms with Gasteiger partial charge in [0.2, 0.25) is 0 Å². The molecule has 1 aromatic heterocycles. The number of anilines is 2. The van der Waals surface area contributed by atoms with Crippen molar-refractivity contribution in [3.05, 3.63) is 53.1 Å². The molecule has 0 amide bonds. The zero-order valence-corrected chi connectivity index (χ0v) is 17.2. The zero-order chi connectivity index (χ0) is 21.8. The largest absolute Gasteiger partial charge is 0.495 e. The smallest absolute Gasteiger partial charge is 0.159 e. The molecular formula is C23H22N6O2. The summed E-state index contributed by atoms with van der Waals surface area (Å²) in [5, 5.41) is 42.3. The van der Waals surface area contributed by atoms with Gasteiger partial charge < -0.3 is 20.1 Å². The van der Waals surface area contributed by atoms with E-state index in [-0.39, 0.29) is 6.10 Å². The Bertz CT molecular complexity index is 1190. The summed E-state index contributed by atoms with van der Waals surface area (Å²) in [4.78, 5) is 2.13. The summed E-state index contributed by atoms with van der Waals surface area (Å²) in [6.07, 6.45) is 1.11. The molecule has 0 saturated carbocycles. The maximum Gasteiger partial charge on any atom is 0.159 e. The highest BCUT2D eigenvalue weighted by Crippen LogP contribution is 2.31. The van der Waals surface area contributed by atoms with Gasteiger partial charge in [-0.2, -0.15) is 10.5 Å². The first kappa shape index (κ1) is 20.4. The number of fused-ring (bicyclic) bond motifs is 1. The molecule has 0 spiro atoms. The van der Waals surface area contributed by atoms with Gasteiger partial charge in [0.15, 0.2) is 11.6 Å². The maximum atomic E-state index is 9.81. The van der Waals surface area contributed by atoms with E-state index in [1.807, 2.05) is 18.2 Å². The molecule has 2 heterocycles. The van der Waals surface area contributed by atoms with E-state index in [1.165, 1.54) is 7.11 Å². The minimum atomic E-state index is -0.274. The van der Waals surface area contributed by atoms with Crippen molar-refractivity contribution in [3.8, 4) is 17.9 Å². The minimum absolute atomic E-state index is 0.274. The van der Waals surface area contributed by atoms with E-state index in [4.69, 9.17) is 4.74 Å². The van der Waals surface area contributed by atoms with E-state index in [0.717, 1.165) is 22.2 Å². The van der Waals surface area contributed by atoms with Gasteiger partial charge in [0.1, 0.15) is 11.8 Å². The number of methoxy groups -OCH3 is 1. The SMILES string of the molecule is COc1ccc(CNc2nnc(N3CCC(O)CC3)c3ccc(C#N)cc23)cc1C#N. The monoisotopic (exact) mass is 414 g/mol. The number of hydrogen-bond acceptors (Lipinski definition) is 8. The summed E-state index contributed by atoms with van der Waals surface area (Å²) >= 11 is 0. The number of nitriles is 2. The van der Waals surface area contributed by atoms with Crippen molar-refractivity contribution < 1.29 is 9.84 Å². The topological polar surface area (TPSA) is 118 Å². The molecule has 0 bridgehead atoms. The first-order chi connectivity index (χ1) is 15.1. The molecule has 1 aliphatic rings. The Morgan fingerprint density at radius 1 is 1.10 bits per heavy atom. The van der Waals surface area contributed by atoms with E-state index >= 15 is 0 Å². The highest BCUT2D eigenvalue weighted by atomic mass is 16.5. The summed E-state index contributed by atoms with van der Waals surface area (Å²) in [5.41, 5.74) is 1.91. The van der Waals surface area contributed by atoms with Crippen molar-refractivity contribution in [2.45, 2.75) is 25.5 Å². The number of piperidine rings is 1. The van der Waals surface area contributed by atoms with Gasteiger partial charge in [0, 0.05) is 30.4 Å². The Balaban J connectivity index is 1.66. The van der Waals surface area contributed by atoms with Crippen LogP contribution in [0.4, 0.5) is 11.6 Å². The van der Waals surface area contributed by atoms with Crippen LogP contribution in [0.1, 0.15) is 29.5 Å². The molecule has 1 saturated heterocycles. The van der Waals surface area contributed by atoms with Gasteiger partial charge in [-0.25, -0.2) is 0 Å². The quantitative estimate of drug-likeness (QED) is 0.654. The lowest BCUT2D eigenvalue weighted by Gasteiger charge is -2.31. The van der Waals surface area contributed by atoms with Crippen LogP contribution in [0.15, 0.2) is 36.4 Å². The van der Waals surface area contributed by atoms with Crippen LogP contribution in [-0.4, -0.2) is 41.6 Å². The molecular weight excluding hydrogens is 392 g/mol. The molecule has 31 heavy (non-hydrogen) atoms. The normalized spacial score (nSPS) is 14.1. The van der Waals surface area contributed by atoms with Crippen molar-refractivity contribution in [3.63, 3.8) is 0 Å². The Hall–Kier alpha value is -3.88. The third-order valence-electron chi connectivity index (χ3n) is 5.50. The Labute approximate surface area is 180 Å². The first-order valence-electron chi connectivity index (χ1n) is 10.1. The van der Waals surface area contributed by atoms with Gasteiger partial charge in [0.25, 0.3) is 0 Å². The van der Waals surface area contributed by atoms with Crippen LogP contribution in [0.2, 0.25) is 0 Å². The number of nitrogens with zero attached hydrogens (tertiary/aromatic N) is 5. The summed E-state index contributed by atoms with van der Waals surface area (Å²) in [5.74, 6) is 1.86. The molecule has 1 fully saturated rings. The second kappa shape index (κ2) is 8.86. The third kappa shape index (κ3) is 4.20. The Kier molecular flexibility index (Phi) is 5.83. The number of benzene rings is 2. The molecule has 2 N–H and O–H groups in total. The fraction of sp³-hybridized carbons (Fsp3) is 0.304. The number of hydrogen-bond donors (Lipinski definition) is 2. The van der Waals surface area contributed by atoms with Crippen LogP contribution in [-0.2, 0) is 6.54 Å². The average Bonchev–Trinajstić information content (AvgIpc) is 2.82. The molecule has 8 heteroatoms. The molecule has 0 radical (unpaired) electrons. The fourth-order valence-electron chi connectivity index (χ4n) is 3.79. The molecule has 0 unspecified atom stereocenters. The predicted octanol–water partition coefficient (Wildman–Crippen LogP) is 2.95. The molecule has 1 aliphatic heterocycles. The first-order valence-corrected chi connectivity index (χ1v) is 10.1. The highest BCUT2D eigenvalue weighted by Gasteiger charge is 2.21. The van der Waals surface area contributed by atoms with Crippen molar-refractivity contribution >= 4 is 22.4 Å². The van der Waals surface area contributed by atoms with E-state index in [0.29, 0.717) is 55.2 Å². The Morgan fingerprint density at radius 3 is 2.61 bits per heavy atom. The van der Waals surface area contributed by atoms with Crippen LogP contribution in [0.3, 0.4) is 0 Å². The molecule has 2 aromatic carbocycles. The van der Waals surface area contributed by atoms with Gasteiger partial charge in [0.05, 0.1) is 30.4 Å². The summed E-state index contributed by atoms with van der Waals surface area (Å²) in [6, 6.07) is 15.2. The van der Waals surface area contributed by atoms with Gasteiger partial charge in [-0.05, 0) is 48.7 Å². The van der Waals surface area contributed by atoms with Crippen molar-refractivity contribution in [1.29, 1.82) is 10.5 Å². The lowest BCUT2D eigenvalue weighted by Crippen LogP contribution is -2.36. The lowest BCUT2D eigenvalue weighted by atomic mass is 10.1. The lowest BCUT2D eigenvalue weighted by molar-refractivity contribution is 0.145. The van der Waals surface area contributed by atoms with Crippen LogP contribution < -0.4 is 15.0 Å². The highest BCUT2D eigenvalue weighted by molar-refractivity contribution is 5.99. The van der Waals surface area contributed by atoms with Gasteiger partial charge in [-0.3, -0.25) is 0 Å². The van der Waals surface area contributed by atoms with E-state index < -0.39 is 0 Å². The number of aromatic nitrogens is 2. The van der Waals surface area contributed by atoms with E-state index in [9.17, 15) is 15.6 Å². The average molecular weight is 414 g/mol. The predicted molar refractivity (Wildman–Crippen MR) is 117 cm³/mol. The van der Waals surface area contributed by atoms with Crippen molar-refractivity contribution in [1.82, 2.24) is 10.2 Å². The van der Waals surface area contributed by atoms with Crippen molar-refractivity contribution in [2.24, 2.45) is 0 Å².